The summed E-state index contributed by atoms with van der Waals surface area (Å²) in [4.78, 5) is 0. The van der Waals surface area contributed by atoms with E-state index in [1.54, 1.807) is 12.1 Å². The lowest BCUT2D eigenvalue weighted by molar-refractivity contribution is 0.318. The number of oxime groups is 1. The molecule has 0 aliphatic carbocycles. The number of hydrogen-bond acceptors (Lipinski definition) is 3. The Kier molecular flexibility index (Phi) is 4.59. The van der Waals surface area contributed by atoms with Gasteiger partial charge in [-0.05, 0) is 29.8 Å². The van der Waals surface area contributed by atoms with Gasteiger partial charge in [-0.25, -0.2) is 8.78 Å². The summed E-state index contributed by atoms with van der Waals surface area (Å²) >= 11 is 6.07. The van der Waals surface area contributed by atoms with Crippen molar-refractivity contribution in [3.8, 4) is 0 Å². The van der Waals surface area contributed by atoms with Gasteiger partial charge in [-0.3, -0.25) is 0 Å². The van der Waals surface area contributed by atoms with Gasteiger partial charge < -0.3 is 16.3 Å². The van der Waals surface area contributed by atoms with Gasteiger partial charge in [0.1, 0.15) is 11.6 Å². The Hall–Kier alpha value is -2.34. The van der Waals surface area contributed by atoms with E-state index in [-0.39, 0.29) is 18.1 Å². The van der Waals surface area contributed by atoms with Gasteiger partial charge in [0.25, 0.3) is 0 Å². The molecule has 4 nitrogen and oxygen atoms in total. The van der Waals surface area contributed by atoms with Crippen LogP contribution in [-0.2, 0) is 6.54 Å². The molecule has 0 bridgehead atoms. The average molecular weight is 312 g/mol. The largest absolute Gasteiger partial charge is 0.409 e. The molecule has 2 rings (SSSR count). The van der Waals surface area contributed by atoms with Crippen LogP contribution in [0.5, 0.6) is 0 Å². The summed E-state index contributed by atoms with van der Waals surface area (Å²) in [5.41, 5.74) is 6.62. The van der Waals surface area contributed by atoms with Crippen LogP contribution in [0.15, 0.2) is 41.6 Å². The van der Waals surface area contributed by atoms with Crippen LogP contribution in [0.25, 0.3) is 0 Å². The lowest BCUT2D eigenvalue weighted by Gasteiger charge is -2.10. The molecule has 0 aromatic heterocycles. The molecule has 110 valence electrons. The second-order valence-electron chi connectivity index (χ2n) is 4.27. The first kappa shape index (κ1) is 15.1. The van der Waals surface area contributed by atoms with E-state index in [0.29, 0.717) is 16.1 Å². The number of nitrogens with zero attached hydrogens (tertiary/aromatic N) is 1. The van der Waals surface area contributed by atoms with Gasteiger partial charge in [-0.2, -0.15) is 0 Å². The summed E-state index contributed by atoms with van der Waals surface area (Å²) in [6, 6.07) is 7.93. The van der Waals surface area contributed by atoms with Crippen LogP contribution in [0.4, 0.5) is 14.5 Å². The number of benzene rings is 2. The highest BCUT2D eigenvalue weighted by atomic mass is 35.5. The van der Waals surface area contributed by atoms with Crippen LogP contribution >= 0.6 is 11.6 Å². The molecule has 0 saturated carbocycles. The molecule has 0 spiro atoms. The Bertz CT molecular complexity index is 692. The van der Waals surface area contributed by atoms with Crippen molar-refractivity contribution < 1.29 is 14.0 Å². The first-order valence-corrected chi connectivity index (χ1v) is 6.34. The Morgan fingerprint density at radius 1 is 1.24 bits per heavy atom. The summed E-state index contributed by atoms with van der Waals surface area (Å²) in [7, 11) is 0. The second-order valence-corrected chi connectivity index (χ2v) is 4.68. The van der Waals surface area contributed by atoms with Crippen LogP contribution < -0.4 is 11.1 Å². The normalized spacial score (nSPS) is 11.5. The highest BCUT2D eigenvalue weighted by Gasteiger charge is 2.07. The second kappa shape index (κ2) is 6.41. The summed E-state index contributed by atoms with van der Waals surface area (Å²) in [5, 5.41) is 14.6. The van der Waals surface area contributed by atoms with Crippen molar-refractivity contribution in [3.63, 3.8) is 0 Å². The molecular formula is C14H12ClF2N3O. The number of rotatable bonds is 4. The minimum atomic E-state index is -0.555. The van der Waals surface area contributed by atoms with Gasteiger partial charge in [0.05, 0.1) is 5.69 Å². The maximum atomic E-state index is 13.5. The quantitative estimate of drug-likeness (QED) is 0.351. The number of hydrogen-bond donors (Lipinski definition) is 3. The smallest absolute Gasteiger partial charge is 0.170 e. The molecule has 21 heavy (non-hydrogen) atoms. The van der Waals surface area contributed by atoms with Crippen LogP contribution in [0.1, 0.15) is 11.1 Å². The number of amidine groups is 1. The van der Waals surface area contributed by atoms with Gasteiger partial charge in [-0.15, -0.1) is 0 Å². The predicted molar refractivity (Wildman–Crippen MR) is 77.6 cm³/mol. The molecule has 2 aromatic carbocycles. The molecule has 0 fully saturated rings. The molecule has 0 radical (unpaired) electrons. The molecule has 0 aliphatic heterocycles. The molecule has 0 unspecified atom stereocenters. The van der Waals surface area contributed by atoms with Gasteiger partial charge >= 0.3 is 0 Å². The fourth-order valence-corrected chi connectivity index (χ4v) is 1.98. The lowest BCUT2D eigenvalue weighted by Crippen LogP contribution is -2.13. The van der Waals surface area contributed by atoms with Crippen molar-refractivity contribution in [2.75, 3.05) is 5.32 Å². The van der Waals surface area contributed by atoms with E-state index in [2.05, 4.69) is 10.5 Å². The molecule has 0 aliphatic rings. The highest BCUT2D eigenvalue weighted by molar-refractivity contribution is 6.31. The number of nitrogens with two attached hydrogens (primary N) is 1. The molecule has 7 heteroatoms. The van der Waals surface area contributed by atoms with E-state index in [4.69, 9.17) is 22.5 Å². The minimum Gasteiger partial charge on any atom is -0.409 e. The minimum absolute atomic E-state index is 0.0478. The summed E-state index contributed by atoms with van der Waals surface area (Å²) in [5.74, 6) is -1.15. The Morgan fingerprint density at radius 2 is 2.00 bits per heavy atom. The van der Waals surface area contributed by atoms with Crippen molar-refractivity contribution in [2.24, 2.45) is 10.9 Å². The van der Waals surface area contributed by atoms with Crippen LogP contribution in [-0.4, -0.2) is 11.0 Å². The van der Waals surface area contributed by atoms with Crippen LogP contribution in [0.2, 0.25) is 5.02 Å². The summed E-state index contributed by atoms with van der Waals surface area (Å²) < 4.78 is 26.5. The number of nitrogens with one attached hydrogen (secondary N) is 1. The summed E-state index contributed by atoms with van der Waals surface area (Å²) in [6.45, 7) is 0.204. The van der Waals surface area contributed by atoms with Crippen molar-refractivity contribution in [1.29, 1.82) is 0 Å². The van der Waals surface area contributed by atoms with Gasteiger partial charge in [-0.1, -0.05) is 28.9 Å². The lowest BCUT2D eigenvalue weighted by atomic mass is 10.1. The molecular weight excluding hydrogens is 300 g/mol. The first-order chi connectivity index (χ1) is 10.0. The molecule has 0 heterocycles. The van der Waals surface area contributed by atoms with E-state index in [1.807, 2.05) is 0 Å². The van der Waals surface area contributed by atoms with E-state index in [1.165, 1.54) is 6.07 Å². The number of halogens is 3. The third kappa shape index (κ3) is 3.61. The van der Waals surface area contributed by atoms with Crippen molar-refractivity contribution in [1.82, 2.24) is 0 Å². The molecule has 0 atom stereocenters. The summed E-state index contributed by atoms with van der Waals surface area (Å²) in [6.07, 6.45) is 0. The van der Waals surface area contributed by atoms with Gasteiger partial charge in [0, 0.05) is 17.1 Å². The topological polar surface area (TPSA) is 70.6 Å². The molecule has 4 N–H and O–H groups in total. The van der Waals surface area contributed by atoms with E-state index in [9.17, 15) is 8.78 Å². The van der Waals surface area contributed by atoms with Gasteiger partial charge in [0.15, 0.2) is 5.84 Å². The van der Waals surface area contributed by atoms with E-state index < -0.39 is 11.6 Å². The van der Waals surface area contributed by atoms with Crippen LogP contribution in [0.3, 0.4) is 0 Å². The zero-order chi connectivity index (χ0) is 15.4. The number of anilines is 1. The molecule has 0 saturated heterocycles. The first-order valence-electron chi connectivity index (χ1n) is 5.96. The zero-order valence-corrected chi connectivity index (χ0v) is 11.5. The monoisotopic (exact) mass is 311 g/mol. The van der Waals surface area contributed by atoms with E-state index >= 15 is 0 Å². The average Bonchev–Trinajstić information content (AvgIpc) is 2.48. The van der Waals surface area contributed by atoms with Crippen molar-refractivity contribution >= 4 is 23.1 Å². The fraction of sp³-hybridized carbons (Fsp3) is 0.0714. The third-order valence-electron chi connectivity index (χ3n) is 2.85. The maximum absolute atomic E-state index is 13.5. The van der Waals surface area contributed by atoms with E-state index in [0.717, 1.165) is 18.2 Å². The van der Waals surface area contributed by atoms with Crippen LogP contribution in [0, 0.1) is 11.6 Å². The Balaban J connectivity index is 2.15. The Labute approximate surface area is 124 Å². The standard InChI is InChI=1S/C14H12ClF2N3O/c15-11-5-8(14(18)20-21)1-2-9(11)7-19-13-6-10(16)3-4-12(13)17/h1-6,19,21H,7H2,(H2,18,20). The maximum Gasteiger partial charge on any atom is 0.170 e. The fourth-order valence-electron chi connectivity index (χ4n) is 1.73. The zero-order valence-electron chi connectivity index (χ0n) is 10.8. The van der Waals surface area contributed by atoms with Gasteiger partial charge in [0.2, 0.25) is 0 Å². The molecule has 0 amide bonds. The Morgan fingerprint density at radius 3 is 2.67 bits per heavy atom. The SMILES string of the molecule is N/C(=N/O)c1ccc(CNc2cc(F)ccc2F)c(Cl)c1. The van der Waals surface area contributed by atoms with Crippen molar-refractivity contribution in [3.05, 3.63) is 64.2 Å². The predicted octanol–water partition coefficient (Wildman–Crippen LogP) is 3.32. The van der Waals surface area contributed by atoms with Crippen molar-refractivity contribution in [2.45, 2.75) is 6.54 Å². The highest BCUT2D eigenvalue weighted by Crippen LogP contribution is 2.21. The molecule has 2 aromatic rings. The third-order valence-corrected chi connectivity index (χ3v) is 3.21.